The SMILES string of the molecule is CCCCN(N)C(=S)NC. The fourth-order valence-corrected chi connectivity index (χ4v) is 0.665. The average Bonchev–Trinajstić information content (AvgIpc) is 1.98. The van der Waals surface area contributed by atoms with Crippen molar-refractivity contribution in [3.63, 3.8) is 0 Å². The van der Waals surface area contributed by atoms with Crippen LogP contribution in [0.3, 0.4) is 0 Å². The normalized spacial score (nSPS) is 9.10. The van der Waals surface area contributed by atoms with Gasteiger partial charge in [0.1, 0.15) is 0 Å². The molecule has 0 saturated heterocycles. The van der Waals surface area contributed by atoms with Gasteiger partial charge in [-0.15, -0.1) is 0 Å². The third-order valence-electron chi connectivity index (χ3n) is 1.23. The van der Waals surface area contributed by atoms with Crippen LogP contribution in [0.4, 0.5) is 0 Å². The first kappa shape index (κ1) is 9.65. The van der Waals surface area contributed by atoms with Crippen molar-refractivity contribution >= 4 is 17.3 Å². The minimum Gasteiger partial charge on any atom is -0.365 e. The lowest BCUT2D eigenvalue weighted by molar-refractivity contribution is 0.423. The molecule has 3 N–H and O–H groups in total. The highest BCUT2D eigenvalue weighted by molar-refractivity contribution is 7.80. The predicted octanol–water partition coefficient (Wildman–Crippen LogP) is 0.467. The summed E-state index contributed by atoms with van der Waals surface area (Å²) in [4.78, 5) is 0. The van der Waals surface area contributed by atoms with E-state index in [0.717, 1.165) is 19.4 Å². The highest BCUT2D eigenvalue weighted by Crippen LogP contribution is 1.88. The number of nitrogens with two attached hydrogens (primary N) is 1. The summed E-state index contributed by atoms with van der Waals surface area (Å²) in [7, 11) is 1.77. The lowest BCUT2D eigenvalue weighted by atomic mass is 10.3. The summed E-state index contributed by atoms with van der Waals surface area (Å²) in [5.74, 6) is 5.54. The first-order valence-corrected chi connectivity index (χ1v) is 3.87. The molecule has 0 amide bonds. The molecule has 0 aromatic heterocycles. The average molecular weight is 161 g/mol. The first-order valence-electron chi connectivity index (χ1n) is 3.46. The maximum Gasteiger partial charge on any atom is 0.183 e. The van der Waals surface area contributed by atoms with Crippen molar-refractivity contribution in [1.82, 2.24) is 10.3 Å². The van der Waals surface area contributed by atoms with Crippen LogP contribution in [0.5, 0.6) is 0 Å². The molecule has 0 aliphatic rings. The van der Waals surface area contributed by atoms with Crippen LogP contribution in [-0.2, 0) is 0 Å². The number of rotatable bonds is 3. The number of unbranched alkanes of at least 4 members (excludes halogenated alkanes) is 1. The Morgan fingerprint density at radius 2 is 2.30 bits per heavy atom. The molecular formula is C6H15N3S. The van der Waals surface area contributed by atoms with E-state index in [1.165, 1.54) is 0 Å². The molecule has 0 aromatic rings. The van der Waals surface area contributed by atoms with Gasteiger partial charge < -0.3 is 5.32 Å². The maximum absolute atomic E-state index is 5.54. The van der Waals surface area contributed by atoms with E-state index in [0.29, 0.717) is 5.11 Å². The van der Waals surface area contributed by atoms with E-state index in [1.54, 1.807) is 12.1 Å². The van der Waals surface area contributed by atoms with Gasteiger partial charge in [-0.1, -0.05) is 13.3 Å². The summed E-state index contributed by atoms with van der Waals surface area (Å²) in [6, 6.07) is 0. The van der Waals surface area contributed by atoms with Gasteiger partial charge >= 0.3 is 0 Å². The van der Waals surface area contributed by atoms with Crippen LogP contribution in [0.15, 0.2) is 0 Å². The fraction of sp³-hybridized carbons (Fsp3) is 0.833. The zero-order valence-electron chi connectivity index (χ0n) is 6.55. The molecule has 0 spiro atoms. The van der Waals surface area contributed by atoms with Gasteiger partial charge in [0.15, 0.2) is 5.11 Å². The third kappa shape index (κ3) is 3.63. The predicted molar refractivity (Wildman–Crippen MR) is 47.5 cm³/mol. The molecule has 0 atom stereocenters. The Balaban J connectivity index is 3.41. The Morgan fingerprint density at radius 1 is 1.70 bits per heavy atom. The van der Waals surface area contributed by atoms with Crippen LogP contribution in [0.1, 0.15) is 19.8 Å². The molecule has 60 valence electrons. The minimum absolute atomic E-state index is 0.605. The molecule has 0 rings (SSSR count). The van der Waals surface area contributed by atoms with E-state index >= 15 is 0 Å². The minimum atomic E-state index is 0.605. The summed E-state index contributed by atoms with van der Waals surface area (Å²) in [6.07, 6.45) is 2.22. The monoisotopic (exact) mass is 161 g/mol. The van der Waals surface area contributed by atoms with Gasteiger partial charge in [0.05, 0.1) is 0 Å². The largest absolute Gasteiger partial charge is 0.365 e. The standard InChI is InChI=1S/C6H15N3S/c1-3-4-5-9(7)6(10)8-2/h3-5,7H2,1-2H3,(H,8,10). The summed E-state index contributed by atoms with van der Waals surface area (Å²) >= 11 is 4.88. The Hall–Kier alpha value is -0.350. The van der Waals surface area contributed by atoms with Crippen molar-refractivity contribution in [2.45, 2.75) is 19.8 Å². The summed E-state index contributed by atoms with van der Waals surface area (Å²) in [6.45, 7) is 2.95. The number of nitrogens with zero attached hydrogens (tertiary/aromatic N) is 1. The van der Waals surface area contributed by atoms with E-state index in [9.17, 15) is 0 Å². The van der Waals surface area contributed by atoms with E-state index in [4.69, 9.17) is 18.1 Å². The van der Waals surface area contributed by atoms with Crippen LogP contribution < -0.4 is 11.2 Å². The molecule has 0 radical (unpaired) electrons. The summed E-state index contributed by atoms with van der Waals surface area (Å²) in [5, 5.41) is 4.97. The van der Waals surface area contributed by atoms with Gasteiger partial charge in [-0.3, -0.25) is 5.01 Å². The van der Waals surface area contributed by atoms with E-state index in [2.05, 4.69) is 12.2 Å². The fourth-order valence-electron chi connectivity index (χ4n) is 0.574. The number of thiocarbonyl (C=S) groups is 1. The molecule has 4 heteroatoms. The molecule has 10 heavy (non-hydrogen) atoms. The summed E-state index contributed by atoms with van der Waals surface area (Å²) in [5.41, 5.74) is 0. The molecular weight excluding hydrogens is 146 g/mol. The quantitative estimate of drug-likeness (QED) is 0.358. The van der Waals surface area contributed by atoms with Gasteiger partial charge in [0, 0.05) is 13.6 Å². The topological polar surface area (TPSA) is 41.3 Å². The van der Waals surface area contributed by atoms with E-state index in [-0.39, 0.29) is 0 Å². The lowest BCUT2D eigenvalue weighted by Gasteiger charge is -2.17. The third-order valence-corrected chi connectivity index (χ3v) is 1.67. The Morgan fingerprint density at radius 3 is 2.70 bits per heavy atom. The molecule has 0 saturated carbocycles. The Bertz CT molecular complexity index is 105. The second-order valence-corrected chi connectivity index (χ2v) is 2.49. The molecule has 0 bridgehead atoms. The van der Waals surface area contributed by atoms with Crippen molar-refractivity contribution in [2.75, 3.05) is 13.6 Å². The van der Waals surface area contributed by atoms with E-state index < -0.39 is 0 Å². The first-order chi connectivity index (χ1) is 4.72. The van der Waals surface area contributed by atoms with Crippen LogP contribution >= 0.6 is 12.2 Å². The van der Waals surface area contributed by atoms with Gasteiger partial charge in [-0.05, 0) is 18.6 Å². The smallest absolute Gasteiger partial charge is 0.183 e. The maximum atomic E-state index is 5.54. The molecule has 0 aromatic carbocycles. The van der Waals surface area contributed by atoms with Gasteiger partial charge in [-0.2, -0.15) is 0 Å². The second kappa shape index (κ2) is 5.44. The lowest BCUT2D eigenvalue weighted by Crippen LogP contribution is -2.43. The molecule has 3 nitrogen and oxygen atoms in total. The highest BCUT2D eigenvalue weighted by Gasteiger charge is 1.99. The molecule has 0 aliphatic carbocycles. The van der Waals surface area contributed by atoms with Crippen LogP contribution in [0.2, 0.25) is 0 Å². The Labute approximate surface area is 67.5 Å². The zero-order valence-corrected chi connectivity index (χ0v) is 7.37. The summed E-state index contributed by atoms with van der Waals surface area (Å²) < 4.78 is 0. The molecule has 0 unspecified atom stereocenters. The van der Waals surface area contributed by atoms with Crippen molar-refractivity contribution in [2.24, 2.45) is 5.84 Å². The van der Waals surface area contributed by atoms with Gasteiger partial charge in [-0.25, -0.2) is 5.84 Å². The van der Waals surface area contributed by atoms with Crippen molar-refractivity contribution in [3.05, 3.63) is 0 Å². The van der Waals surface area contributed by atoms with Crippen LogP contribution in [0, 0.1) is 0 Å². The van der Waals surface area contributed by atoms with Crippen molar-refractivity contribution in [3.8, 4) is 0 Å². The van der Waals surface area contributed by atoms with Gasteiger partial charge in [0.25, 0.3) is 0 Å². The zero-order chi connectivity index (χ0) is 7.98. The van der Waals surface area contributed by atoms with Crippen LogP contribution in [-0.4, -0.2) is 23.7 Å². The highest BCUT2D eigenvalue weighted by atomic mass is 32.1. The molecule has 0 aliphatic heterocycles. The number of hydrazine groups is 1. The number of hydrogen-bond acceptors (Lipinski definition) is 2. The molecule has 0 fully saturated rings. The Kier molecular flexibility index (Phi) is 5.25. The van der Waals surface area contributed by atoms with Gasteiger partial charge in [0.2, 0.25) is 0 Å². The molecule has 0 heterocycles. The number of hydrogen-bond donors (Lipinski definition) is 2. The van der Waals surface area contributed by atoms with E-state index in [1.807, 2.05) is 0 Å². The van der Waals surface area contributed by atoms with Crippen LogP contribution in [0.25, 0.3) is 0 Å². The van der Waals surface area contributed by atoms with Crippen molar-refractivity contribution in [1.29, 1.82) is 0 Å². The van der Waals surface area contributed by atoms with Crippen molar-refractivity contribution < 1.29 is 0 Å². The number of nitrogens with one attached hydrogen (secondary N) is 1. The second-order valence-electron chi connectivity index (χ2n) is 2.10.